The van der Waals surface area contributed by atoms with Gasteiger partial charge in [0.05, 0.1) is 13.2 Å². The van der Waals surface area contributed by atoms with Gasteiger partial charge in [0.25, 0.3) is 5.91 Å². The molecule has 3 amide bonds. The van der Waals surface area contributed by atoms with Gasteiger partial charge < -0.3 is 14.8 Å². The highest BCUT2D eigenvalue weighted by atomic mass is 79.9. The van der Waals surface area contributed by atoms with Crippen molar-refractivity contribution in [1.82, 2.24) is 10.2 Å². The Hall–Kier alpha value is -3.58. The molecule has 1 saturated heterocycles. The molecular weight excluding hydrogens is 508 g/mol. The molecule has 0 aromatic heterocycles. The molecule has 1 N–H and O–H groups in total. The van der Waals surface area contributed by atoms with Gasteiger partial charge in [-0.15, -0.1) is 0 Å². The number of nitrogens with zero attached hydrogens (tertiary/aromatic N) is 1. The number of nitrogens with one attached hydrogen (secondary N) is 1. The average molecular weight is 535 g/mol. The molecule has 1 fully saturated rings. The van der Waals surface area contributed by atoms with Gasteiger partial charge in [0.1, 0.15) is 12.3 Å². The van der Waals surface area contributed by atoms with Crippen LogP contribution in [0.5, 0.6) is 11.5 Å². The standard InChI is InChI=1S/C28H27BrN2O4/c1-4-34-25-14-22(23(29)15-26(25)35-17-21-7-5-6-19(3)12-21)13-24-27(32)31(28(33)30-24)16-20-10-8-18(2)9-11-20/h5-15H,4,16-17H2,1-3H3,(H,30,33)/b24-13+. The molecule has 4 rings (SSSR count). The molecule has 3 aromatic carbocycles. The molecule has 35 heavy (non-hydrogen) atoms. The van der Waals surface area contributed by atoms with Gasteiger partial charge in [0.15, 0.2) is 11.5 Å². The Bertz CT molecular complexity index is 1280. The van der Waals surface area contributed by atoms with Crippen LogP contribution in [0.4, 0.5) is 4.79 Å². The van der Waals surface area contributed by atoms with E-state index in [2.05, 4.69) is 27.3 Å². The maximum absolute atomic E-state index is 13.0. The van der Waals surface area contributed by atoms with Crippen LogP contribution in [-0.2, 0) is 17.9 Å². The summed E-state index contributed by atoms with van der Waals surface area (Å²) in [6.45, 7) is 6.99. The third-order valence-corrected chi connectivity index (χ3v) is 6.25. The summed E-state index contributed by atoms with van der Waals surface area (Å²) < 4.78 is 12.6. The van der Waals surface area contributed by atoms with E-state index in [-0.39, 0.29) is 18.1 Å². The lowest BCUT2D eigenvalue weighted by Gasteiger charge is -2.14. The van der Waals surface area contributed by atoms with E-state index in [1.807, 2.05) is 69.3 Å². The van der Waals surface area contributed by atoms with Crippen molar-refractivity contribution in [2.45, 2.75) is 33.9 Å². The monoisotopic (exact) mass is 534 g/mol. The van der Waals surface area contributed by atoms with E-state index in [9.17, 15) is 9.59 Å². The zero-order valence-electron chi connectivity index (χ0n) is 19.9. The third-order valence-electron chi connectivity index (χ3n) is 5.56. The highest BCUT2D eigenvalue weighted by molar-refractivity contribution is 9.10. The number of rotatable bonds is 8. The van der Waals surface area contributed by atoms with Crippen molar-refractivity contribution >= 4 is 33.9 Å². The molecule has 1 aliphatic rings. The molecule has 1 heterocycles. The molecule has 0 aliphatic carbocycles. The molecule has 0 bridgehead atoms. The number of imide groups is 1. The van der Waals surface area contributed by atoms with Gasteiger partial charge in [-0.2, -0.15) is 0 Å². The summed E-state index contributed by atoms with van der Waals surface area (Å²) in [4.78, 5) is 26.7. The second-order valence-corrected chi connectivity index (χ2v) is 9.25. The van der Waals surface area contributed by atoms with Gasteiger partial charge in [-0.1, -0.05) is 75.6 Å². The number of aryl methyl sites for hydroxylation is 2. The van der Waals surface area contributed by atoms with E-state index in [1.54, 1.807) is 12.1 Å². The Labute approximate surface area is 213 Å². The fourth-order valence-electron chi connectivity index (χ4n) is 3.75. The zero-order valence-corrected chi connectivity index (χ0v) is 21.5. The van der Waals surface area contributed by atoms with Crippen LogP contribution in [0.1, 0.15) is 34.7 Å². The number of hydrogen-bond donors (Lipinski definition) is 1. The highest BCUT2D eigenvalue weighted by Crippen LogP contribution is 2.36. The summed E-state index contributed by atoms with van der Waals surface area (Å²) in [5.74, 6) is 0.772. The summed E-state index contributed by atoms with van der Waals surface area (Å²) in [5.41, 5.74) is 5.13. The SMILES string of the molecule is CCOc1cc(/C=C2/NC(=O)N(Cc3ccc(C)cc3)C2=O)c(Br)cc1OCc1cccc(C)c1. The molecule has 0 unspecified atom stereocenters. The predicted octanol–water partition coefficient (Wildman–Crippen LogP) is 6.14. The lowest BCUT2D eigenvalue weighted by molar-refractivity contribution is -0.123. The van der Waals surface area contributed by atoms with E-state index in [0.717, 1.165) is 16.7 Å². The number of carbonyl (C=O) groups excluding carboxylic acids is 2. The first-order chi connectivity index (χ1) is 16.8. The lowest BCUT2D eigenvalue weighted by Crippen LogP contribution is -2.30. The average Bonchev–Trinajstić information content (AvgIpc) is 3.09. The van der Waals surface area contributed by atoms with Crippen molar-refractivity contribution in [2.75, 3.05) is 6.61 Å². The van der Waals surface area contributed by atoms with Crippen molar-refractivity contribution in [3.63, 3.8) is 0 Å². The zero-order chi connectivity index (χ0) is 24.9. The number of urea groups is 1. The maximum atomic E-state index is 13.0. The van der Waals surface area contributed by atoms with Crippen molar-refractivity contribution in [3.05, 3.63) is 98.7 Å². The smallest absolute Gasteiger partial charge is 0.329 e. The Morgan fingerprint density at radius 3 is 2.37 bits per heavy atom. The molecule has 7 heteroatoms. The quantitative estimate of drug-likeness (QED) is 0.278. The van der Waals surface area contributed by atoms with Crippen LogP contribution < -0.4 is 14.8 Å². The number of carbonyl (C=O) groups is 2. The third kappa shape index (κ3) is 5.92. The van der Waals surface area contributed by atoms with Crippen LogP contribution >= 0.6 is 15.9 Å². The van der Waals surface area contributed by atoms with E-state index in [1.165, 1.54) is 10.5 Å². The minimum absolute atomic E-state index is 0.207. The Morgan fingerprint density at radius 2 is 1.66 bits per heavy atom. The molecule has 0 radical (unpaired) electrons. The van der Waals surface area contributed by atoms with Gasteiger partial charge >= 0.3 is 6.03 Å². The first kappa shape index (κ1) is 24.5. The van der Waals surface area contributed by atoms with Gasteiger partial charge in [-0.3, -0.25) is 9.69 Å². The molecule has 0 spiro atoms. The fraction of sp³-hybridized carbons (Fsp3) is 0.214. The van der Waals surface area contributed by atoms with Crippen molar-refractivity contribution < 1.29 is 19.1 Å². The summed E-state index contributed by atoms with van der Waals surface area (Å²) in [5, 5.41) is 2.68. The van der Waals surface area contributed by atoms with E-state index in [4.69, 9.17) is 9.47 Å². The van der Waals surface area contributed by atoms with Gasteiger partial charge in [0, 0.05) is 4.47 Å². The number of benzene rings is 3. The highest BCUT2D eigenvalue weighted by Gasteiger charge is 2.33. The summed E-state index contributed by atoms with van der Waals surface area (Å²) >= 11 is 3.57. The Balaban J connectivity index is 1.55. The van der Waals surface area contributed by atoms with Crippen LogP contribution in [-0.4, -0.2) is 23.4 Å². The van der Waals surface area contributed by atoms with E-state index < -0.39 is 6.03 Å². The van der Waals surface area contributed by atoms with Crippen molar-refractivity contribution in [2.24, 2.45) is 0 Å². The number of hydrogen-bond acceptors (Lipinski definition) is 4. The number of halogens is 1. The summed E-state index contributed by atoms with van der Waals surface area (Å²) in [6, 6.07) is 19.0. The Morgan fingerprint density at radius 1 is 0.914 bits per heavy atom. The van der Waals surface area contributed by atoms with Crippen molar-refractivity contribution in [3.8, 4) is 11.5 Å². The van der Waals surface area contributed by atoms with Gasteiger partial charge in [-0.25, -0.2) is 4.79 Å². The van der Waals surface area contributed by atoms with E-state index >= 15 is 0 Å². The number of amides is 3. The van der Waals surface area contributed by atoms with Crippen molar-refractivity contribution in [1.29, 1.82) is 0 Å². The van der Waals surface area contributed by atoms with Crippen LogP contribution in [0, 0.1) is 13.8 Å². The van der Waals surface area contributed by atoms with Gasteiger partial charge in [-0.05, 0) is 55.7 Å². The van der Waals surface area contributed by atoms with Crippen LogP contribution in [0.25, 0.3) is 6.08 Å². The second-order valence-electron chi connectivity index (χ2n) is 8.40. The first-order valence-corrected chi connectivity index (χ1v) is 12.2. The fourth-order valence-corrected chi connectivity index (χ4v) is 4.19. The topological polar surface area (TPSA) is 67.9 Å². The second kappa shape index (κ2) is 10.8. The van der Waals surface area contributed by atoms with Crippen LogP contribution in [0.2, 0.25) is 0 Å². The molecule has 180 valence electrons. The maximum Gasteiger partial charge on any atom is 0.329 e. The first-order valence-electron chi connectivity index (χ1n) is 11.4. The summed E-state index contributed by atoms with van der Waals surface area (Å²) in [6.07, 6.45) is 1.65. The molecule has 0 saturated carbocycles. The molecule has 3 aromatic rings. The minimum Gasteiger partial charge on any atom is -0.490 e. The molecular formula is C28H27BrN2O4. The predicted molar refractivity (Wildman–Crippen MR) is 139 cm³/mol. The van der Waals surface area contributed by atoms with Crippen LogP contribution in [0.15, 0.2) is 70.8 Å². The van der Waals surface area contributed by atoms with Gasteiger partial charge in [0.2, 0.25) is 0 Å². The molecule has 0 atom stereocenters. The normalized spacial score (nSPS) is 14.4. The van der Waals surface area contributed by atoms with E-state index in [0.29, 0.717) is 34.7 Å². The van der Waals surface area contributed by atoms with Crippen LogP contribution in [0.3, 0.4) is 0 Å². The lowest BCUT2D eigenvalue weighted by atomic mass is 10.1. The Kier molecular flexibility index (Phi) is 7.56. The largest absolute Gasteiger partial charge is 0.490 e. The molecule has 6 nitrogen and oxygen atoms in total. The summed E-state index contributed by atoms with van der Waals surface area (Å²) in [7, 11) is 0. The number of ether oxygens (including phenoxy) is 2. The molecule has 1 aliphatic heterocycles. The minimum atomic E-state index is -0.443.